The number of hydrogen-bond donors (Lipinski definition) is 1. The summed E-state index contributed by atoms with van der Waals surface area (Å²) in [4.78, 5) is 11.7. The van der Waals surface area contributed by atoms with E-state index in [0.717, 1.165) is 22.3 Å². The van der Waals surface area contributed by atoms with Gasteiger partial charge in [-0.1, -0.05) is 29.8 Å². The van der Waals surface area contributed by atoms with Gasteiger partial charge in [-0.05, 0) is 61.6 Å². The normalized spacial score (nSPS) is 12.2. The van der Waals surface area contributed by atoms with Crippen LogP contribution in [-0.2, 0) is 11.2 Å². The standard InChI is InChI=1S/C18H19FO2/c1-11-7-12(2)17(13(3)8-11)16(18(20)21)10-14-5-4-6-15(19)9-14/h4-9,16H,10H2,1-3H3,(H,20,21). The van der Waals surface area contributed by atoms with Gasteiger partial charge in [0.15, 0.2) is 0 Å². The van der Waals surface area contributed by atoms with Crippen LogP contribution in [0, 0.1) is 26.6 Å². The molecule has 0 saturated carbocycles. The molecule has 2 aromatic carbocycles. The predicted octanol–water partition coefficient (Wildman–Crippen LogP) is 4.16. The number of halogens is 1. The first-order valence-corrected chi connectivity index (χ1v) is 6.93. The smallest absolute Gasteiger partial charge is 0.311 e. The predicted molar refractivity (Wildman–Crippen MR) is 81.1 cm³/mol. The molecule has 0 saturated heterocycles. The second-order valence-corrected chi connectivity index (χ2v) is 5.54. The molecule has 0 amide bonds. The summed E-state index contributed by atoms with van der Waals surface area (Å²) in [7, 11) is 0. The zero-order valence-electron chi connectivity index (χ0n) is 12.5. The first-order valence-electron chi connectivity index (χ1n) is 6.93. The van der Waals surface area contributed by atoms with Crippen LogP contribution in [0.4, 0.5) is 4.39 Å². The van der Waals surface area contributed by atoms with Crippen LogP contribution in [0.15, 0.2) is 36.4 Å². The van der Waals surface area contributed by atoms with E-state index >= 15 is 0 Å². The number of aryl methyl sites for hydroxylation is 3. The fraction of sp³-hybridized carbons (Fsp3) is 0.278. The highest BCUT2D eigenvalue weighted by Gasteiger charge is 2.24. The van der Waals surface area contributed by atoms with Gasteiger partial charge in [-0.15, -0.1) is 0 Å². The van der Waals surface area contributed by atoms with Gasteiger partial charge in [-0.2, -0.15) is 0 Å². The zero-order chi connectivity index (χ0) is 15.6. The van der Waals surface area contributed by atoms with Crippen molar-refractivity contribution in [3.05, 3.63) is 70.0 Å². The Morgan fingerprint density at radius 3 is 2.29 bits per heavy atom. The molecule has 1 atom stereocenters. The van der Waals surface area contributed by atoms with Gasteiger partial charge in [0.2, 0.25) is 0 Å². The van der Waals surface area contributed by atoms with E-state index < -0.39 is 11.9 Å². The van der Waals surface area contributed by atoms with Crippen molar-refractivity contribution in [1.82, 2.24) is 0 Å². The molecule has 2 rings (SSSR count). The van der Waals surface area contributed by atoms with Gasteiger partial charge in [-0.25, -0.2) is 4.39 Å². The number of hydrogen-bond acceptors (Lipinski definition) is 1. The van der Waals surface area contributed by atoms with E-state index in [9.17, 15) is 14.3 Å². The SMILES string of the molecule is Cc1cc(C)c(C(Cc2cccc(F)c2)C(=O)O)c(C)c1. The summed E-state index contributed by atoms with van der Waals surface area (Å²) in [6.45, 7) is 5.85. The summed E-state index contributed by atoms with van der Waals surface area (Å²) in [6, 6.07) is 10.1. The van der Waals surface area contributed by atoms with E-state index in [4.69, 9.17) is 0 Å². The van der Waals surface area contributed by atoms with E-state index in [2.05, 4.69) is 0 Å². The maximum absolute atomic E-state index is 13.3. The third-order valence-corrected chi connectivity index (χ3v) is 3.71. The minimum absolute atomic E-state index is 0.290. The Kier molecular flexibility index (Phi) is 4.41. The molecule has 110 valence electrons. The molecule has 21 heavy (non-hydrogen) atoms. The summed E-state index contributed by atoms with van der Waals surface area (Å²) in [6.07, 6.45) is 0.290. The van der Waals surface area contributed by atoms with Crippen molar-refractivity contribution in [3.63, 3.8) is 0 Å². The van der Waals surface area contributed by atoms with Gasteiger partial charge in [0.25, 0.3) is 0 Å². The molecule has 0 fully saturated rings. The molecule has 0 aliphatic heterocycles. The van der Waals surface area contributed by atoms with Crippen LogP contribution in [0.5, 0.6) is 0 Å². The van der Waals surface area contributed by atoms with Gasteiger partial charge >= 0.3 is 5.97 Å². The Hall–Kier alpha value is -2.16. The Balaban J connectivity index is 2.43. The molecule has 0 aliphatic rings. The van der Waals surface area contributed by atoms with Crippen LogP contribution in [-0.4, -0.2) is 11.1 Å². The molecule has 2 nitrogen and oxygen atoms in total. The van der Waals surface area contributed by atoms with Crippen molar-refractivity contribution in [2.45, 2.75) is 33.1 Å². The number of carbonyl (C=O) groups is 1. The molecule has 1 unspecified atom stereocenters. The van der Waals surface area contributed by atoms with Crippen molar-refractivity contribution >= 4 is 5.97 Å². The minimum atomic E-state index is -0.880. The molecule has 0 radical (unpaired) electrons. The lowest BCUT2D eigenvalue weighted by molar-refractivity contribution is -0.138. The van der Waals surface area contributed by atoms with Crippen LogP contribution >= 0.6 is 0 Å². The van der Waals surface area contributed by atoms with Crippen LogP contribution in [0.2, 0.25) is 0 Å². The van der Waals surface area contributed by atoms with Gasteiger partial charge in [0, 0.05) is 0 Å². The van der Waals surface area contributed by atoms with Gasteiger partial charge in [-0.3, -0.25) is 4.79 Å². The molecule has 0 heterocycles. The minimum Gasteiger partial charge on any atom is -0.481 e. The lowest BCUT2D eigenvalue weighted by Crippen LogP contribution is -2.17. The quantitative estimate of drug-likeness (QED) is 0.916. The van der Waals surface area contributed by atoms with Crippen LogP contribution in [0.1, 0.15) is 33.7 Å². The summed E-state index contributed by atoms with van der Waals surface area (Å²) in [5.41, 5.74) is 4.58. The van der Waals surface area contributed by atoms with Crippen molar-refractivity contribution in [2.24, 2.45) is 0 Å². The molecule has 0 spiro atoms. The number of carboxylic acids is 1. The average molecular weight is 286 g/mol. The Morgan fingerprint density at radius 1 is 1.14 bits per heavy atom. The van der Waals surface area contributed by atoms with Crippen molar-refractivity contribution in [1.29, 1.82) is 0 Å². The molecule has 0 aliphatic carbocycles. The zero-order valence-corrected chi connectivity index (χ0v) is 12.5. The highest BCUT2D eigenvalue weighted by molar-refractivity contribution is 5.78. The summed E-state index contributed by atoms with van der Waals surface area (Å²) < 4.78 is 13.3. The second-order valence-electron chi connectivity index (χ2n) is 5.54. The van der Waals surface area contributed by atoms with Gasteiger partial charge in [0.1, 0.15) is 5.82 Å². The Bertz CT molecular complexity index is 654. The third kappa shape index (κ3) is 3.48. The highest BCUT2D eigenvalue weighted by atomic mass is 19.1. The Labute approximate surface area is 124 Å². The van der Waals surface area contributed by atoms with Crippen molar-refractivity contribution in [2.75, 3.05) is 0 Å². The average Bonchev–Trinajstić information content (AvgIpc) is 2.36. The molecule has 0 aromatic heterocycles. The van der Waals surface area contributed by atoms with E-state index in [0.29, 0.717) is 5.56 Å². The molecule has 0 bridgehead atoms. The maximum atomic E-state index is 13.3. The number of benzene rings is 2. The summed E-state index contributed by atoms with van der Waals surface area (Å²) >= 11 is 0. The summed E-state index contributed by atoms with van der Waals surface area (Å²) in [5, 5.41) is 9.58. The lowest BCUT2D eigenvalue weighted by atomic mass is 9.85. The monoisotopic (exact) mass is 286 g/mol. The molecule has 2 aromatic rings. The van der Waals surface area contributed by atoms with Crippen molar-refractivity contribution in [3.8, 4) is 0 Å². The number of aliphatic carboxylic acids is 1. The molecular formula is C18H19FO2. The Morgan fingerprint density at radius 2 is 1.76 bits per heavy atom. The first-order chi connectivity index (χ1) is 9.88. The van der Waals surface area contributed by atoms with E-state index in [1.54, 1.807) is 12.1 Å². The van der Waals surface area contributed by atoms with Crippen LogP contribution in [0.25, 0.3) is 0 Å². The number of rotatable bonds is 4. The fourth-order valence-electron chi connectivity index (χ4n) is 2.95. The van der Waals surface area contributed by atoms with Crippen molar-refractivity contribution < 1.29 is 14.3 Å². The topological polar surface area (TPSA) is 37.3 Å². The van der Waals surface area contributed by atoms with Gasteiger partial charge in [0.05, 0.1) is 5.92 Å². The largest absolute Gasteiger partial charge is 0.481 e. The van der Waals surface area contributed by atoms with E-state index in [-0.39, 0.29) is 12.2 Å². The van der Waals surface area contributed by atoms with E-state index in [1.165, 1.54) is 12.1 Å². The van der Waals surface area contributed by atoms with Gasteiger partial charge < -0.3 is 5.11 Å². The van der Waals surface area contributed by atoms with Crippen LogP contribution < -0.4 is 0 Å². The van der Waals surface area contributed by atoms with Crippen LogP contribution in [0.3, 0.4) is 0 Å². The third-order valence-electron chi connectivity index (χ3n) is 3.71. The fourth-order valence-corrected chi connectivity index (χ4v) is 2.95. The highest BCUT2D eigenvalue weighted by Crippen LogP contribution is 2.28. The summed E-state index contributed by atoms with van der Waals surface area (Å²) in [5.74, 6) is -1.88. The molecule has 3 heteroatoms. The lowest BCUT2D eigenvalue weighted by Gasteiger charge is -2.19. The molecule has 1 N–H and O–H groups in total. The maximum Gasteiger partial charge on any atom is 0.311 e. The molecular weight excluding hydrogens is 267 g/mol. The van der Waals surface area contributed by atoms with E-state index in [1.807, 2.05) is 32.9 Å². The first kappa shape index (κ1) is 15.2. The number of carboxylic acid groups (broad SMARTS) is 1. The second kappa shape index (κ2) is 6.08.